The standard InChI is InChI=1S/C14H30N2O/c1-5-8-9-16(12(4)6-2)14(17)10-13(7-3)11-15/h12-13H,5-11,15H2,1-4H3. The van der Waals surface area contributed by atoms with Gasteiger partial charge in [-0.1, -0.05) is 33.6 Å². The second kappa shape index (κ2) is 9.46. The molecule has 0 aromatic heterocycles. The van der Waals surface area contributed by atoms with Gasteiger partial charge in [0.25, 0.3) is 0 Å². The van der Waals surface area contributed by atoms with Crippen LogP contribution in [-0.2, 0) is 4.79 Å². The van der Waals surface area contributed by atoms with Gasteiger partial charge < -0.3 is 10.6 Å². The Balaban J connectivity index is 4.40. The van der Waals surface area contributed by atoms with Crippen LogP contribution >= 0.6 is 0 Å². The van der Waals surface area contributed by atoms with Gasteiger partial charge in [-0.25, -0.2) is 0 Å². The van der Waals surface area contributed by atoms with E-state index >= 15 is 0 Å². The largest absolute Gasteiger partial charge is 0.340 e. The zero-order chi connectivity index (χ0) is 13.3. The van der Waals surface area contributed by atoms with Crippen LogP contribution in [0.25, 0.3) is 0 Å². The number of nitrogens with zero attached hydrogens (tertiary/aromatic N) is 1. The maximum atomic E-state index is 12.2. The van der Waals surface area contributed by atoms with Crippen molar-refractivity contribution in [3.8, 4) is 0 Å². The molecule has 102 valence electrons. The van der Waals surface area contributed by atoms with Crippen molar-refractivity contribution in [1.29, 1.82) is 0 Å². The van der Waals surface area contributed by atoms with Gasteiger partial charge in [0.1, 0.15) is 0 Å². The molecule has 3 nitrogen and oxygen atoms in total. The number of hydrogen-bond acceptors (Lipinski definition) is 2. The number of carbonyl (C=O) groups excluding carboxylic acids is 1. The molecule has 0 spiro atoms. The molecule has 0 aromatic rings. The highest BCUT2D eigenvalue weighted by atomic mass is 16.2. The van der Waals surface area contributed by atoms with E-state index in [4.69, 9.17) is 5.73 Å². The first-order chi connectivity index (χ1) is 8.10. The van der Waals surface area contributed by atoms with Gasteiger partial charge in [-0.15, -0.1) is 0 Å². The summed E-state index contributed by atoms with van der Waals surface area (Å²) in [6, 6.07) is 0.351. The number of nitrogens with two attached hydrogens (primary N) is 1. The fourth-order valence-corrected chi connectivity index (χ4v) is 1.90. The summed E-state index contributed by atoms with van der Waals surface area (Å²) in [6.45, 7) is 10.0. The van der Waals surface area contributed by atoms with Crippen LogP contribution in [0.3, 0.4) is 0 Å². The normalized spacial score (nSPS) is 14.4. The lowest BCUT2D eigenvalue weighted by Crippen LogP contribution is -2.40. The minimum Gasteiger partial charge on any atom is -0.340 e. The second-order valence-electron chi connectivity index (χ2n) is 4.91. The van der Waals surface area contributed by atoms with Crippen molar-refractivity contribution in [2.75, 3.05) is 13.1 Å². The van der Waals surface area contributed by atoms with Crippen molar-refractivity contribution in [2.24, 2.45) is 11.7 Å². The van der Waals surface area contributed by atoms with Gasteiger partial charge in [-0.2, -0.15) is 0 Å². The van der Waals surface area contributed by atoms with E-state index in [-0.39, 0.29) is 5.91 Å². The van der Waals surface area contributed by atoms with Gasteiger partial charge in [-0.3, -0.25) is 4.79 Å². The highest BCUT2D eigenvalue weighted by molar-refractivity contribution is 5.76. The molecule has 2 atom stereocenters. The maximum Gasteiger partial charge on any atom is 0.223 e. The van der Waals surface area contributed by atoms with Crippen LogP contribution in [-0.4, -0.2) is 29.9 Å². The zero-order valence-electron chi connectivity index (χ0n) is 12.0. The van der Waals surface area contributed by atoms with E-state index in [0.717, 1.165) is 32.2 Å². The molecule has 17 heavy (non-hydrogen) atoms. The third kappa shape index (κ3) is 6.06. The van der Waals surface area contributed by atoms with Crippen molar-refractivity contribution < 1.29 is 4.79 Å². The molecule has 0 aromatic carbocycles. The molecule has 0 heterocycles. The van der Waals surface area contributed by atoms with Crippen LogP contribution in [0.4, 0.5) is 0 Å². The van der Waals surface area contributed by atoms with E-state index in [0.29, 0.717) is 24.9 Å². The minimum atomic E-state index is 0.283. The molecule has 0 aliphatic rings. The highest BCUT2D eigenvalue weighted by Gasteiger charge is 2.20. The lowest BCUT2D eigenvalue weighted by atomic mass is 10.0. The Bertz CT molecular complexity index is 202. The smallest absolute Gasteiger partial charge is 0.223 e. The number of rotatable bonds is 9. The van der Waals surface area contributed by atoms with Gasteiger partial charge in [0.2, 0.25) is 5.91 Å². The van der Waals surface area contributed by atoms with Gasteiger partial charge in [-0.05, 0) is 32.2 Å². The van der Waals surface area contributed by atoms with Crippen LogP contribution in [0.2, 0.25) is 0 Å². The molecule has 0 bridgehead atoms. The molecule has 0 radical (unpaired) electrons. The third-order valence-corrected chi connectivity index (χ3v) is 3.57. The topological polar surface area (TPSA) is 46.3 Å². The van der Waals surface area contributed by atoms with E-state index in [1.165, 1.54) is 0 Å². The predicted molar refractivity (Wildman–Crippen MR) is 73.8 cm³/mol. The summed E-state index contributed by atoms with van der Waals surface area (Å²) in [4.78, 5) is 14.3. The van der Waals surface area contributed by atoms with Gasteiger partial charge in [0.05, 0.1) is 0 Å². The Labute approximate surface area is 107 Å². The molecular formula is C14H30N2O. The predicted octanol–water partition coefficient (Wildman–Crippen LogP) is 2.79. The van der Waals surface area contributed by atoms with Crippen molar-refractivity contribution in [1.82, 2.24) is 4.90 Å². The van der Waals surface area contributed by atoms with E-state index in [9.17, 15) is 4.79 Å². The van der Waals surface area contributed by atoms with Crippen molar-refractivity contribution in [3.05, 3.63) is 0 Å². The number of carbonyl (C=O) groups is 1. The van der Waals surface area contributed by atoms with Crippen molar-refractivity contribution in [3.63, 3.8) is 0 Å². The third-order valence-electron chi connectivity index (χ3n) is 3.57. The molecule has 0 saturated carbocycles. The van der Waals surface area contributed by atoms with Crippen LogP contribution in [0, 0.1) is 5.92 Å². The van der Waals surface area contributed by atoms with Crippen LogP contribution in [0.15, 0.2) is 0 Å². The fraction of sp³-hybridized carbons (Fsp3) is 0.929. The number of unbranched alkanes of at least 4 members (excludes halogenated alkanes) is 1. The quantitative estimate of drug-likeness (QED) is 0.676. The van der Waals surface area contributed by atoms with E-state index in [2.05, 4.69) is 27.7 Å². The highest BCUT2D eigenvalue weighted by Crippen LogP contribution is 2.13. The maximum absolute atomic E-state index is 12.2. The molecule has 0 saturated heterocycles. The zero-order valence-corrected chi connectivity index (χ0v) is 12.0. The fourth-order valence-electron chi connectivity index (χ4n) is 1.90. The summed E-state index contributed by atoms with van der Waals surface area (Å²) in [7, 11) is 0. The molecule has 3 heteroatoms. The van der Waals surface area contributed by atoms with Crippen LogP contribution in [0.5, 0.6) is 0 Å². The molecule has 0 aliphatic carbocycles. The lowest BCUT2D eigenvalue weighted by Gasteiger charge is -2.30. The average molecular weight is 242 g/mol. The molecule has 2 N–H and O–H groups in total. The minimum absolute atomic E-state index is 0.283. The average Bonchev–Trinajstić information content (AvgIpc) is 2.35. The summed E-state index contributed by atoms with van der Waals surface area (Å²) in [5.74, 6) is 0.626. The monoisotopic (exact) mass is 242 g/mol. The first-order valence-corrected chi connectivity index (χ1v) is 7.10. The van der Waals surface area contributed by atoms with E-state index < -0.39 is 0 Å². The summed E-state index contributed by atoms with van der Waals surface area (Å²) in [5, 5.41) is 0. The van der Waals surface area contributed by atoms with E-state index in [1.54, 1.807) is 0 Å². The first-order valence-electron chi connectivity index (χ1n) is 7.10. The SMILES string of the molecule is CCCCN(C(=O)CC(CC)CN)C(C)CC. The van der Waals surface area contributed by atoms with Gasteiger partial charge in [0.15, 0.2) is 0 Å². The summed E-state index contributed by atoms with van der Waals surface area (Å²) in [6.07, 6.45) is 4.85. The number of amides is 1. The Hall–Kier alpha value is -0.570. The van der Waals surface area contributed by atoms with Crippen LogP contribution in [0.1, 0.15) is 59.8 Å². The van der Waals surface area contributed by atoms with Crippen molar-refractivity contribution >= 4 is 5.91 Å². The Morgan fingerprint density at radius 1 is 1.24 bits per heavy atom. The molecule has 0 rings (SSSR count). The second-order valence-corrected chi connectivity index (χ2v) is 4.91. The molecule has 0 fully saturated rings. The first kappa shape index (κ1) is 16.4. The van der Waals surface area contributed by atoms with Gasteiger partial charge in [0, 0.05) is 19.0 Å². The summed E-state index contributed by atoms with van der Waals surface area (Å²) in [5.41, 5.74) is 5.67. The molecule has 0 aliphatic heterocycles. The molecular weight excluding hydrogens is 212 g/mol. The number of hydrogen-bond donors (Lipinski definition) is 1. The van der Waals surface area contributed by atoms with E-state index in [1.807, 2.05) is 4.90 Å². The summed E-state index contributed by atoms with van der Waals surface area (Å²) >= 11 is 0. The Kier molecular flexibility index (Phi) is 9.14. The van der Waals surface area contributed by atoms with Crippen LogP contribution < -0.4 is 5.73 Å². The van der Waals surface area contributed by atoms with Gasteiger partial charge >= 0.3 is 0 Å². The Morgan fingerprint density at radius 2 is 1.88 bits per heavy atom. The molecule has 2 unspecified atom stereocenters. The van der Waals surface area contributed by atoms with Crippen molar-refractivity contribution in [2.45, 2.75) is 65.8 Å². The summed E-state index contributed by atoms with van der Waals surface area (Å²) < 4.78 is 0. The lowest BCUT2D eigenvalue weighted by molar-refractivity contribution is -0.134. The molecule has 1 amide bonds. The Morgan fingerprint density at radius 3 is 2.29 bits per heavy atom.